The van der Waals surface area contributed by atoms with Crippen LogP contribution in [0.4, 0.5) is 5.69 Å². The van der Waals surface area contributed by atoms with E-state index >= 15 is 0 Å². The van der Waals surface area contributed by atoms with Crippen molar-refractivity contribution in [2.45, 2.75) is 19.8 Å². The van der Waals surface area contributed by atoms with Crippen LogP contribution in [0.5, 0.6) is 0 Å². The fourth-order valence-corrected chi connectivity index (χ4v) is 3.15. The molecule has 2 heterocycles. The van der Waals surface area contributed by atoms with Crippen LogP contribution in [-0.2, 0) is 4.79 Å². The van der Waals surface area contributed by atoms with E-state index < -0.39 is 0 Å². The van der Waals surface area contributed by atoms with Gasteiger partial charge in [0.05, 0.1) is 0 Å². The van der Waals surface area contributed by atoms with Gasteiger partial charge in [0.2, 0.25) is 5.91 Å². The molecule has 0 N–H and O–H groups in total. The van der Waals surface area contributed by atoms with Crippen molar-refractivity contribution in [3.8, 4) is 0 Å². The minimum atomic E-state index is 0.0926. The zero-order valence-corrected chi connectivity index (χ0v) is 13.1. The van der Waals surface area contributed by atoms with Gasteiger partial charge in [0.25, 0.3) is 5.91 Å². The normalized spacial score (nSPS) is 19.8. The molecule has 0 radical (unpaired) electrons. The predicted octanol–water partition coefficient (Wildman–Crippen LogP) is 1.59. The lowest BCUT2D eigenvalue weighted by Crippen LogP contribution is -2.48. The van der Waals surface area contributed by atoms with Gasteiger partial charge in [0.1, 0.15) is 0 Å². The zero-order valence-electron chi connectivity index (χ0n) is 13.1. The minimum absolute atomic E-state index is 0.0926. The number of hydrogen-bond acceptors (Lipinski definition) is 3. The molecule has 22 heavy (non-hydrogen) atoms. The molecule has 0 atom stereocenters. The Labute approximate surface area is 131 Å². The molecule has 0 saturated carbocycles. The summed E-state index contributed by atoms with van der Waals surface area (Å²) in [6.45, 7) is 7.45. The van der Waals surface area contributed by atoms with E-state index in [2.05, 4.69) is 11.8 Å². The van der Waals surface area contributed by atoms with Gasteiger partial charge < -0.3 is 14.7 Å². The fraction of sp³-hybridized carbons (Fsp3) is 0.529. The van der Waals surface area contributed by atoms with Crippen LogP contribution in [0.2, 0.25) is 0 Å². The standard InChI is InChI=1S/C17H23N3O2/c1-2-18-10-12-19(13-11-18)17(22)14-5-7-15(8-6-14)20-9-3-4-16(20)21/h5-8H,2-4,9-13H2,1H3. The topological polar surface area (TPSA) is 43.9 Å². The van der Waals surface area contributed by atoms with Crippen LogP contribution in [0.3, 0.4) is 0 Å². The molecule has 0 bridgehead atoms. The third-order valence-corrected chi connectivity index (χ3v) is 4.61. The van der Waals surface area contributed by atoms with E-state index in [1.807, 2.05) is 29.2 Å². The summed E-state index contributed by atoms with van der Waals surface area (Å²) >= 11 is 0. The van der Waals surface area contributed by atoms with Gasteiger partial charge in [-0.05, 0) is 37.2 Å². The van der Waals surface area contributed by atoms with Crippen molar-refractivity contribution in [2.24, 2.45) is 0 Å². The summed E-state index contributed by atoms with van der Waals surface area (Å²) in [7, 11) is 0. The lowest BCUT2D eigenvalue weighted by atomic mass is 10.1. The van der Waals surface area contributed by atoms with Crippen molar-refractivity contribution in [1.82, 2.24) is 9.80 Å². The fourth-order valence-electron chi connectivity index (χ4n) is 3.15. The first kappa shape index (κ1) is 15.0. The Morgan fingerprint density at radius 2 is 1.73 bits per heavy atom. The van der Waals surface area contributed by atoms with E-state index in [0.29, 0.717) is 12.0 Å². The van der Waals surface area contributed by atoms with Crippen molar-refractivity contribution in [2.75, 3.05) is 44.2 Å². The summed E-state index contributed by atoms with van der Waals surface area (Å²) in [5, 5.41) is 0. The molecule has 1 aromatic carbocycles. The molecule has 5 nitrogen and oxygen atoms in total. The molecule has 2 amide bonds. The number of carbonyl (C=O) groups is 2. The van der Waals surface area contributed by atoms with Crippen molar-refractivity contribution in [3.05, 3.63) is 29.8 Å². The van der Waals surface area contributed by atoms with Gasteiger partial charge in [0, 0.05) is 50.4 Å². The van der Waals surface area contributed by atoms with Crippen LogP contribution >= 0.6 is 0 Å². The average Bonchev–Trinajstić information content (AvgIpc) is 3.00. The zero-order chi connectivity index (χ0) is 15.5. The Balaban J connectivity index is 1.65. The molecule has 0 spiro atoms. The van der Waals surface area contributed by atoms with E-state index in [9.17, 15) is 9.59 Å². The van der Waals surface area contributed by atoms with Crippen LogP contribution in [0.15, 0.2) is 24.3 Å². The van der Waals surface area contributed by atoms with Gasteiger partial charge >= 0.3 is 0 Å². The molecule has 118 valence electrons. The van der Waals surface area contributed by atoms with Crippen molar-refractivity contribution < 1.29 is 9.59 Å². The number of carbonyl (C=O) groups excluding carboxylic acids is 2. The largest absolute Gasteiger partial charge is 0.336 e. The quantitative estimate of drug-likeness (QED) is 0.851. The maximum absolute atomic E-state index is 12.5. The van der Waals surface area contributed by atoms with Gasteiger partial charge in [-0.25, -0.2) is 0 Å². The molecular weight excluding hydrogens is 278 g/mol. The lowest BCUT2D eigenvalue weighted by Gasteiger charge is -2.34. The SMILES string of the molecule is CCN1CCN(C(=O)c2ccc(N3CCCC3=O)cc2)CC1. The number of piperazine rings is 1. The second-order valence-corrected chi connectivity index (χ2v) is 5.92. The lowest BCUT2D eigenvalue weighted by molar-refractivity contribution is -0.117. The van der Waals surface area contributed by atoms with Crippen molar-refractivity contribution >= 4 is 17.5 Å². The van der Waals surface area contributed by atoms with E-state index in [4.69, 9.17) is 0 Å². The molecule has 0 aliphatic carbocycles. The number of rotatable bonds is 3. The van der Waals surface area contributed by atoms with Crippen molar-refractivity contribution in [3.63, 3.8) is 0 Å². The molecule has 2 saturated heterocycles. The summed E-state index contributed by atoms with van der Waals surface area (Å²) in [6.07, 6.45) is 1.55. The highest BCUT2D eigenvalue weighted by Gasteiger charge is 2.23. The van der Waals surface area contributed by atoms with Crippen molar-refractivity contribution in [1.29, 1.82) is 0 Å². The highest BCUT2D eigenvalue weighted by molar-refractivity contribution is 5.97. The number of nitrogens with zero attached hydrogens (tertiary/aromatic N) is 3. The maximum atomic E-state index is 12.5. The number of benzene rings is 1. The molecule has 0 aromatic heterocycles. The maximum Gasteiger partial charge on any atom is 0.253 e. The monoisotopic (exact) mass is 301 g/mol. The van der Waals surface area contributed by atoms with Crippen LogP contribution in [0, 0.1) is 0 Å². The molecular formula is C17H23N3O2. The van der Waals surface area contributed by atoms with Crippen LogP contribution < -0.4 is 4.90 Å². The third-order valence-electron chi connectivity index (χ3n) is 4.61. The second kappa shape index (κ2) is 6.48. The van der Waals surface area contributed by atoms with E-state index in [1.54, 1.807) is 4.90 Å². The summed E-state index contributed by atoms with van der Waals surface area (Å²) in [4.78, 5) is 30.3. The number of hydrogen-bond donors (Lipinski definition) is 0. The molecule has 5 heteroatoms. The van der Waals surface area contributed by atoms with Gasteiger partial charge in [-0.15, -0.1) is 0 Å². The molecule has 2 fully saturated rings. The van der Waals surface area contributed by atoms with Gasteiger partial charge in [-0.3, -0.25) is 9.59 Å². The summed E-state index contributed by atoms with van der Waals surface area (Å²) in [6, 6.07) is 7.46. The summed E-state index contributed by atoms with van der Waals surface area (Å²) in [5.41, 5.74) is 1.61. The highest BCUT2D eigenvalue weighted by Crippen LogP contribution is 2.22. The number of amides is 2. The van der Waals surface area contributed by atoms with E-state index in [0.717, 1.165) is 51.4 Å². The first-order chi connectivity index (χ1) is 10.7. The number of anilines is 1. The molecule has 1 aromatic rings. The molecule has 3 rings (SSSR count). The van der Waals surface area contributed by atoms with Gasteiger partial charge in [0.15, 0.2) is 0 Å². The summed E-state index contributed by atoms with van der Waals surface area (Å²) < 4.78 is 0. The first-order valence-corrected chi connectivity index (χ1v) is 8.11. The molecule has 0 unspecified atom stereocenters. The van der Waals surface area contributed by atoms with Gasteiger partial charge in [-0.1, -0.05) is 6.92 Å². The van der Waals surface area contributed by atoms with Gasteiger partial charge in [-0.2, -0.15) is 0 Å². The Morgan fingerprint density at radius 3 is 2.27 bits per heavy atom. The molecule has 2 aliphatic rings. The second-order valence-electron chi connectivity index (χ2n) is 5.92. The minimum Gasteiger partial charge on any atom is -0.336 e. The Morgan fingerprint density at radius 1 is 1.05 bits per heavy atom. The Kier molecular flexibility index (Phi) is 4.43. The van der Waals surface area contributed by atoms with Crippen LogP contribution in [0.1, 0.15) is 30.1 Å². The van der Waals surface area contributed by atoms with E-state index in [-0.39, 0.29) is 11.8 Å². The Bertz CT molecular complexity index is 548. The Hall–Kier alpha value is -1.88. The van der Waals surface area contributed by atoms with Crippen LogP contribution in [-0.4, -0.2) is 60.9 Å². The third kappa shape index (κ3) is 2.99. The number of likely N-dealkylation sites (N-methyl/N-ethyl adjacent to an activating group) is 1. The highest BCUT2D eigenvalue weighted by atomic mass is 16.2. The summed E-state index contributed by atoms with van der Waals surface area (Å²) in [5.74, 6) is 0.268. The predicted molar refractivity (Wildman–Crippen MR) is 86.0 cm³/mol. The molecule has 2 aliphatic heterocycles. The van der Waals surface area contributed by atoms with E-state index in [1.165, 1.54) is 0 Å². The van der Waals surface area contributed by atoms with Crippen LogP contribution in [0.25, 0.3) is 0 Å². The average molecular weight is 301 g/mol. The first-order valence-electron chi connectivity index (χ1n) is 8.11. The smallest absolute Gasteiger partial charge is 0.253 e.